The van der Waals surface area contributed by atoms with Crippen molar-refractivity contribution < 1.29 is 14.3 Å². The summed E-state index contributed by atoms with van der Waals surface area (Å²) in [5.74, 6) is 0.780. The molecule has 20 heavy (non-hydrogen) atoms. The minimum absolute atomic E-state index is 0.000374. The van der Waals surface area contributed by atoms with E-state index in [9.17, 15) is 9.59 Å². The van der Waals surface area contributed by atoms with Crippen molar-refractivity contribution >= 4 is 29.3 Å². The maximum Gasteiger partial charge on any atom is 0.254 e. The molecule has 0 aliphatic carbocycles. The molecule has 3 rings (SSSR count). The van der Waals surface area contributed by atoms with Crippen LogP contribution in [0.2, 0.25) is 0 Å². The lowest BCUT2D eigenvalue weighted by Crippen LogP contribution is -2.40. The first-order valence-electron chi connectivity index (χ1n) is 6.68. The molecule has 106 valence electrons. The maximum atomic E-state index is 12.4. The van der Waals surface area contributed by atoms with Crippen LogP contribution in [-0.4, -0.2) is 48.8 Å². The monoisotopic (exact) mass is 292 g/mol. The number of benzene rings is 1. The average molecular weight is 292 g/mol. The summed E-state index contributed by atoms with van der Waals surface area (Å²) < 4.78 is 5.25. The summed E-state index contributed by atoms with van der Waals surface area (Å²) >= 11 is 1.64. The van der Waals surface area contributed by atoms with E-state index in [-0.39, 0.29) is 11.8 Å². The van der Waals surface area contributed by atoms with E-state index in [2.05, 4.69) is 5.32 Å². The highest BCUT2D eigenvalue weighted by Gasteiger charge is 2.20. The van der Waals surface area contributed by atoms with E-state index in [1.165, 1.54) is 0 Å². The van der Waals surface area contributed by atoms with Crippen molar-refractivity contribution in [3.05, 3.63) is 23.8 Å². The third kappa shape index (κ3) is 2.81. The third-order valence-corrected chi connectivity index (χ3v) is 4.46. The van der Waals surface area contributed by atoms with E-state index in [0.29, 0.717) is 38.3 Å². The second-order valence-corrected chi connectivity index (χ2v) is 5.90. The first kappa shape index (κ1) is 13.5. The molecule has 1 N–H and O–H groups in total. The van der Waals surface area contributed by atoms with Crippen molar-refractivity contribution in [1.29, 1.82) is 0 Å². The molecule has 0 bridgehead atoms. The molecular weight excluding hydrogens is 276 g/mol. The predicted octanol–water partition coefficient (Wildman–Crippen LogP) is 1.59. The summed E-state index contributed by atoms with van der Waals surface area (Å²) in [5.41, 5.74) is 1.37. The molecule has 0 radical (unpaired) electrons. The molecule has 0 unspecified atom stereocenters. The Labute approximate surface area is 121 Å². The largest absolute Gasteiger partial charge is 0.378 e. The van der Waals surface area contributed by atoms with Crippen LogP contribution in [0.5, 0.6) is 0 Å². The molecule has 2 aliphatic heterocycles. The van der Waals surface area contributed by atoms with Gasteiger partial charge in [-0.25, -0.2) is 0 Å². The highest BCUT2D eigenvalue weighted by Crippen LogP contribution is 2.31. The van der Waals surface area contributed by atoms with Gasteiger partial charge >= 0.3 is 0 Å². The Morgan fingerprint density at radius 2 is 2.10 bits per heavy atom. The van der Waals surface area contributed by atoms with Crippen LogP contribution in [0.3, 0.4) is 0 Å². The van der Waals surface area contributed by atoms with Crippen molar-refractivity contribution in [2.75, 3.05) is 37.4 Å². The van der Waals surface area contributed by atoms with Crippen LogP contribution < -0.4 is 5.32 Å². The molecule has 2 heterocycles. The Kier molecular flexibility index (Phi) is 3.93. The van der Waals surface area contributed by atoms with Gasteiger partial charge in [0.2, 0.25) is 5.91 Å². The first-order chi connectivity index (χ1) is 9.74. The Hall–Kier alpha value is -1.53. The lowest BCUT2D eigenvalue weighted by Gasteiger charge is -2.27. The van der Waals surface area contributed by atoms with Gasteiger partial charge in [-0.05, 0) is 18.2 Å². The van der Waals surface area contributed by atoms with Crippen LogP contribution in [0.4, 0.5) is 5.69 Å². The molecule has 1 aromatic rings. The van der Waals surface area contributed by atoms with Crippen LogP contribution in [0.15, 0.2) is 23.1 Å². The minimum atomic E-state index is -0.000374. The van der Waals surface area contributed by atoms with Crippen molar-refractivity contribution in [2.45, 2.75) is 11.3 Å². The molecule has 1 saturated heterocycles. The normalized spacial score (nSPS) is 19.0. The SMILES string of the molecule is O=C1CCSc2ccc(C(=O)N3CCOCC3)cc2N1. The molecule has 5 nitrogen and oxygen atoms in total. The van der Waals surface area contributed by atoms with Crippen LogP contribution in [0, 0.1) is 0 Å². The first-order valence-corrected chi connectivity index (χ1v) is 7.66. The molecule has 1 aromatic carbocycles. The zero-order valence-corrected chi connectivity index (χ0v) is 11.9. The molecule has 0 saturated carbocycles. The highest BCUT2D eigenvalue weighted by atomic mass is 32.2. The van der Waals surface area contributed by atoms with Gasteiger partial charge in [-0.1, -0.05) is 0 Å². The van der Waals surface area contributed by atoms with Gasteiger partial charge < -0.3 is 15.0 Å². The number of hydrogen-bond acceptors (Lipinski definition) is 4. The van der Waals surface area contributed by atoms with Crippen LogP contribution in [0.1, 0.15) is 16.8 Å². The molecule has 2 aliphatic rings. The van der Waals surface area contributed by atoms with Crippen molar-refractivity contribution in [3.8, 4) is 0 Å². The number of nitrogens with one attached hydrogen (secondary N) is 1. The van der Waals surface area contributed by atoms with Gasteiger partial charge in [0.1, 0.15) is 0 Å². The van der Waals surface area contributed by atoms with Gasteiger partial charge in [0.05, 0.1) is 18.9 Å². The number of nitrogens with zero attached hydrogens (tertiary/aromatic N) is 1. The summed E-state index contributed by atoms with van der Waals surface area (Å²) in [6.45, 7) is 2.42. The quantitative estimate of drug-likeness (QED) is 0.854. The van der Waals surface area contributed by atoms with Gasteiger partial charge in [-0.15, -0.1) is 11.8 Å². The molecule has 2 amide bonds. The van der Waals surface area contributed by atoms with Crippen molar-refractivity contribution in [2.24, 2.45) is 0 Å². The fourth-order valence-electron chi connectivity index (χ4n) is 2.30. The van der Waals surface area contributed by atoms with Gasteiger partial charge in [0, 0.05) is 35.7 Å². The van der Waals surface area contributed by atoms with Crippen LogP contribution >= 0.6 is 11.8 Å². The van der Waals surface area contributed by atoms with E-state index in [4.69, 9.17) is 4.74 Å². The maximum absolute atomic E-state index is 12.4. The smallest absolute Gasteiger partial charge is 0.254 e. The van der Waals surface area contributed by atoms with E-state index >= 15 is 0 Å². The van der Waals surface area contributed by atoms with E-state index < -0.39 is 0 Å². The number of carbonyl (C=O) groups is 2. The van der Waals surface area contributed by atoms with E-state index in [0.717, 1.165) is 16.3 Å². The van der Waals surface area contributed by atoms with Crippen molar-refractivity contribution in [1.82, 2.24) is 4.90 Å². The van der Waals surface area contributed by atoms with Gasteiger partial charge in [0.25, 0.3) is 5.91 Å². The lowest BCUT2D eigenvalue weighted by atomic mass is 10.1. The molecule has 6 heteroatoms. The Morgan fingerprint density at radius 3 is 2.90 bits per heavy atom. The number of morpholine rings is 1. The summed E-state index contributed by atoms with van der Waals surface area (Å²) in [6.07, 6.45) is 0.506. The predicted molar refractivity (Wildman–Crippen MR) is 77.1 cm³/mol. The van der Waals surface area contributed by atoms with Crippen LogP contribution in [-0.2, 0) is 9.53 Å². The zero-order chi connectivity index (χ0) is 13.9. The number of fused-ring (bicyclic) bond motifs is 1. The number of anilines is 1. The third-order valence-electron chi connectivity index (χ3n) is 3.39. The van der Waals surface area contributed by atoms with E-state index in [1.807, 2.05) is 12.1 Å². The molecular formula is C14H16N2O3S. The summed E-state index contributed by atoms with van der Waals surface area (Å²) in [6, 6.07) is 5.53. The fraction of sp³-hybridized carbons (Fsp3) is 0.429. The molecule has 0 aromatic heterocycles. The number of ether oxygens (including phenoxy) is 1. The Balaban J connectivity index is 1.83. The lowest BCUT2D eigenvalue weighted by molar-refractivity contribution is -0.115. The van der Waals surface area contributed by atoms with Gasteiger partial charge in [0.15, 0.2) is 0 Å². The Bertz CT molecular complexity index is 541. The fourth-order valence-corrected chi connectivity index (χ4v) is 3.24. The molecule has 0 atom stereocenters. The number of amides is 2. The zero-order valence-electron chi connectivity index (χ0n) is 11.1. The standard InChI is InChI=1S/C14H16N2O3S/c17-13-3-8-20-12-2-1-10(9-11(12)15-13)14(18)16-4-6-19-7-5-16/h1-2,9H,3-8H2,(H,15,17). The topological polar surface area (TPSA) is 58.6 Å². The second-order valence-electron chi connectivity index (χ2n) is 4.76. The highest BCUT2D eigenvalue weighted by molar-refractivity contribution is 7.99. The van der Waals surface area contributed by atoms with Gasteiger partial charge in [-0.2, -0.15) is 0 Å². The number of thioether (sulfide) groups is 1. The number of hydrogen-bond donors (Lipinski definition) is 1. The van der Waals surface area contributed by atoms with Crippen LogP contribution in [0.25, 0.3) is 0 Å². The van der Waals surface area contributed by atoms with Gasteiger partial charge in [-0.3, -0.25) is 9.59 Å². The number of rotatable bonds is 1. The summed E-state index contributed by atoms with van der Waals surface area (Å²) in [4.78, 5) is 26.8. The number of carbonyl (C=O) groups excluding carboxylic acids is 2. The minimum Gasteiger partial charge on any atom is -0.378 e. The molecule has 0 spiro atoms. The Morgan fingerprint density at radius 1 is 1.30 bits per heavy atom. The van der Waals surface area contributed by atoms with E-state index in [1.54, 1.807) is 22.7 Å². The summed E-state index contributed by atoms with van der Waals surface area (Å²) in [5, 5.41) is 2.87. The summed E-state index contributed by atoms with van der Waals surface area (Å²) in [7, 11) is 0. The average Bonchev–Trinajstić information content (AvgIpc) is 2.67. The second kappa shape index (κ2) is 5.85. The molecule has 1 fully saturated rings. The van der Waals surface area contributed by atoms with Crippen molar-refractivity contribution in [3.63, 3.8) is 0 Å².